The summed E-state index contributed by atoms with van der Waals surface area (Å²) in [4.78, 5) is 26.2. The third-order valence-corrected chi connectivity index (χ3v) is 3.99. The molecule has 24 heavy (non-hydrogen) atoms. The zero-order valence-corrected chi connectivity index (χ0v) is 12.9. The number of fused-ring (bicyclic) bond motifs is 1. The van der Waals surface area contributed by atoms with Crippen molar-refractivity contribution in [1.82, 2.24) is 10.3 Å². The van der Waals surface area contributed by atoms with Crippen LogP contribution in [0.5, 0.6) is 0 Å². The average Bonchev–Trinajstić information content (AvgIpc) is 3.18. The molecule has 1 aromatic heterocycles. The van der Waals surface area contributed by atoms with E-state index in [0.29, 0.717) is 42.3 Å². The minimum Gasteiger partial charge on any atom is -0.477 e. The van der Waals surface area contributed by atoms with E-state index >= 15 is 0 Å². The number of hydrogen-bond acceptors (Lipinski definition) is 4. The van der Waals surface area contributed by atoms with E-state index in [4.69, 9.17) is 11.5 Å². The summed E-state index contributed by atoms with van der Waals surface area (Å²) in [5.74, 6) is 1.22. The molecule has 2 aromatic rings. The van der Waals surface area contributed by atoms with Gasteiger partial charge in [0, 0.05) is 31.2 Å². The van der Waals surface area contributed by atoms with E-state index in [1.807, 2.05) is 0 Å². The number of benzene rings is 1. The fourth-order valence-corrected chi connectivity index (χ4v) is 2.60. The van der Waals surface area contributed by atoms with Crippen molar-refractivity contribution in [3.05, 3.63) is 35.5 Å². The van der Waals surface area contributed by atoms with Crippen molar-refractivity contribution in [2.45, 2.75) is 24.9 Å². The smallest absolute Gasteiger partial charge is 0.352 e. The molecule has 7 nitrogen and oxygen atoms in total. The third kappa shape index (κ3) is 3.13. The molecule has 3 N–H and O–H groups in total. The molecule has 0 saturated carbocycles. The van der Waals surface area contributed by atoms with Gasteiger partial charge >= 0.3 is 5.97 Å². The Labute approximate surface area is 138 Å². The van der Waals surface area contributed by atoms with Gasteiger partial charge in [-0.25, -0.2) is 4.79 Å². The van der Waals surface area contributed by atoms with Crippen LogP contribution in [0.4, 0.5) is 0 Å². The fourth-order valence-electron chi connectivity index (χ4n) is 2.60. The molecule has 2 heterocycles. The van der Waals surface area contributed by atoms with Gasteiger partial charge in [-0.3, -0.25) is 4.79 Å². The van der Waals surface area contributed by atoms with Crippen LogP contribution in [0.1, 0.15) is 40.1 Å². The minimum atomic E-state index is -1.06. The number of amides is 1. The van der Waals surface area contributed by atoms with Crippen LogP contribution in [-0.4, -0.2) is 34.2 Å². The van der Waals surface area contributed by atoms with E-state index in [9.17, 15) is 9.59 Å². The first-order valence-corrected chi connectivity index (χ1v) is 7.55. The summed E-state index contributed by atoms with van der Waals surface area (Å²) in [5, 5.41) is 20.6. The number of carboxylic acids is 1. The standard InChI is InChI=1S/C17H16N4O3/c1-2-3-7-17(20-21-17)8-9-18-15(22)12-6-4-5-11-10-13(16(23)24)19-14(11)12/h1,4-6,10,19H,3,7-9H2,(H,18,22)(H,23,24). The van der Waals surface area contributed by atoms with Gasteiger partial charge in [-0.2, -0.15) is 10.2 Å². The Morgan fingerprint density at radius 1 is 1.33 bits per heavy atom. The van der Waals surface area contributed by atoms with Crippen molar-refractivity contribution < 1.29 is 14.7 Å². The number of nitrogens with one attached hydrogen (secondary N) is 2. The molecule has 0 radical (unpaired) electrons. The Kier molecular flexibility index (Phi) is 4.04. The number of terminal acetylenes is 1. The molecule has 1 aliphatic heterocycles. The van der Waals surface area contributed by atoms with Crippen molar-refractivity contribution in [2.24, 2.45) is 10.2 Å². The molecule has 0 bridgehead atoms. The first kappa shape index (κ1) is 15.7. The Morgan fingerprint density at radius 2 is 2.12 bits per heavy atom. The van der Waals surface area contributed by atoms with Gasteiger partial charge in [-0.1, -0.05) is 12.1 Å². The normalized spacial score (nSPS) is 14.3. The molecule has 0 saturated heterocycles. The van der Waals surface area contributed by atoms with Crippen LogP contribution in [0.2, 0.25) is 0 Å². The lowest BCUT2D eigenvalue weighted by Crippen LogP contribution is -2.28. The molecule has 122 valence electrons. The van der Waals surface area contributed by atoms with Crippen LogP contribution in [0.15, 0.2) is 34.5 Å². The molecule has 1 aliphatic rings. The highest BCUT2D eigenvalue weighted by Crippen LogP contribution is 2.36. The van der Waals surface area contributed by atoms with Gasteiger partial charge in [-0.15, -0.1) is 12.3 Å². The van der Waals surface area contributed by atoms with E-state index in [2.05, 4.69) is 26.4 Å². The number of carbonyl (C=O) groups excluding carboxylic acids is 1. The lowest BCUT2D eigenvalue weighted by molar-refractivity contribution is 0.0691. The quantitative estimate of drug-likeness (QED) is 0.681. The molecule has 0 atom stereocenters. The van der Waals surface area contributed by atoms with Gasteiger partial charge in [0.25, 0.3) is 5.91 Å². The fraction of sp³-hybridized carbons (Fsp3) is 0.294. The van der Waals surface area contributed by atoms with Crippen molar-refractivity contribution in [2.75, 3.05) is 6.54 Å². The number of aromatic nitrogens is 1. The number of aromatic amines is 1. The number of carboxylic acid groups (broad SMARTS) is 1. The van der Waals surface area contributed by atoms with Crippen LogP contribution in [0, 0.1) is 12.3 Å². The second-order valence-corrected chi connectivity index (χ2v) is 5.65. The summed E-state index contributed by atoms with van der Waals surface area (Å²) in [6.45, 7) is 0.416. The molecule has 0 aliphatic carbocycles. The monoisotopic (exact) mass is 324 g/mol. The van der Waals surface area contributed by atoms with Crippen LogP contribution >= 0.6 is 0 Å². The summed E-state index contributed by atoms with van der Waals surface area (Å²) in [5.41, 5.74) is 0.529. The molecule has 1 amide bonds. The van der Waals surface area contributed by atoms with Crippen LogP contribution < -0.4 is 5.32 Å². The topological polar surface area (TPSA) is 107 Å². The summed E-state index contributed by atoms with van der Waals surface area (Å²) < 4.78 is 0. The van der Waals surface area contributed by atoms with Crippen LogP contribution in [-0.2, 0) is 0 Å². The number of H-pyrrole nitrogens is 1. The summed E-state index contributed by atoms with van der Waals surface area (Å²) in [6.07, 6.45) is 7.13. The molecular formula is C17H16N4O3. The molecule has 7 heteroatoms. The molecular weight excluding hydrogens is 308 g/mol. The predicted octanol–water partition coefficient (Wildman–Crippen LogP) is 2.56. The van der Waals surface area contributed by atoms with Crippen molar-refractivity contribution in [3.63, 3.8) is 0 Å². The highest BCUT2D eigenvalue weighted by molar-refractivity contribution is 6.07. The first-order valence-electron chi connectivity index (χ1n) is 7.55. The van der Waals surface area contributed by atoms with Gasteiger partial charge in [0.2, 0.25) is 0 Å². The second kappa shape index (κ2) is 6.16. The number of nitrogens with zero attached hydrogens (tertiary/aromatic N) is 2. The van der Waals surface area contributed by atoms with Gasteiger partial charge in [0.05, 0.1) is 11.1 Å². The summed E-state index contributed by atoms with van der Waals surface area (Å²) in [7, 11) is 0. The maximum absolute atomic E-state index is 12.4. The molecule has 0 unspecified atom stereocenters. The highest BCUT2D eigenvalue weighted by Gasteiger charge is 2.38. The average molecular weight is 324 g/mol. The lowest BCUT2D eigenvalue weighted by atomic mass is 10.0. The van der Waals surface area contributed by atoms with E-state index in [-0.39, 0.29) is 11.6 Å². The van der Waals surface area contributed by atoms with E-state index in [0.717, 1.165) is 0 Å². The predicted molar refractivity (Wildman–Crippen MR) is 87.9 cm³/mol. The van der Waals surface area contributed by atoms with E-state index in [1.54, 1.807) is 18.2 Å². The second-order valence-electron chi connectivity index (χ2n) is 5.65. The van der Waals surface area contributed by atoms with E-state index in [1.165, 1.54) is 6.07 Å². The Balaban J connectivity index is 1.66. The van der Waals surface area contributed by atoms with Gasteiger partial charge in [0.15, 0.2) is 5.66 Å². The van der Waals surface area contributed by atoms with Crippen molar-refractivity contribution in [3.8, 4) is 12.3 Å². The zero-order chi connectivity index (χ0) is 17.2. The lowest BCUT2D eigenvalue weighted by Gasteiger charge is -2.10. The largest absolute Gasteiger partial charge is 0.477 e. The number of para-hydroxylation sites is 1. The van der Waals surface area contributed by atoms with Crippen molar-refractivity contribution >= 4 is 22.8 Å². The number of carbonyl (C=O) groups is 2. The number of rotatable bonds is 7. The molecule has 3 rings (SSSR count). The number of hydrogen-bond donors (Lipinski definition) is 3. The Morgan fingerprint density at radius 3 is 2.79 bits per heavy atom. The molecule has 1 aromatic carbocycles. The Bertz CT molecular complexity index is 870. The number of aromatic carboxylic acids is 1. The Hall–Kier alpha value is -3.14. The highest BCUT2D eigenvalue weighted by atomic mass is 16.4. The minimum absolute atomic E-state index is 0.0501. The SMILES string of the molecule is C#CCCC1(CCNC(=O)c2cccc3cc(C(=O)O)[nH]c23)N=N1. The third-order valence-electron chi connectivity index (χ3n) is 3.99. The van der Waals surface area contributed by atoms with E-state index < -0.39 is 11.6 Å². The summed E-state index contributed by atoms with van der Waals surface area (Å²) >= 11 is 0. The van der Waals surface area contributed by atoms with Crippen LogP contribution in [0.3, 0.4) is 0 Å². The maximum atomic E-state index is 12.4. The first-order chi connectivity index (χ1) is 11.5. The van der Waals surface area contributed by atoms with Gasteiger partial charge in [0.1, 0.15) is 5.69 Å². The van der Waals surface area contributed by atoms with Gasteiger partial charge < -0.3 is 15.4 Å². The maximum Gasteiger partial charge on any atom is 0.352 e. The molecule has 0 fully saturated rings. The van der Waals surface area contributed by atoms with Crippen molar-refractivity contribution in [1.29, 1.82) is 0 Å². The zero-order valence-electron chi connectivity index (χ0n) is 12.9. The molecule has 0 spiro atoms. The van der Waals surface area contributed by atoms with Gasteiger partial charge in [-0.05, 0) is 12.1 Å². The van der Waals surface area contributed by atoms with Crippen LogP contribution in [0.25, 0.3) is 10.9 Å². The summed E-state index contributed by atoms with van der Waals surface area (Å²) in [6, 6.07) is 6.63.